The largest absolute Gasteiger partial charge is 0.389 e. The molecule has 0 amide bonds. The van der Waals surface area contributed by atoms with Crippen molar-refractivity contribution in [2.75, 3.05) is 11.1 Å². The van der Waals surface area contributed by atoms with Gasteiger partial charge >= 0.3 is 6.18 Å². The fourth-order valence-electron chi connectivity index (χ4n) is 2.60. The first-order valence-electron chi connectivity index (χ1n) is 9.05. The number of aromatic nitrogens is 6. The van der Waals surface area contributed by atoms with Crippen LogP contribution in [0.4, 0.5) is 30.8 Å². The Hall–Kier alpha value is -4.09. The van der Waals surface area contributed by atoms with E-state index in [1.165, 1.54) is 12.3 Å². The van der Waals surface area contributed by atoms with Crippen LogP contribution in [0.15, 0.2) is 53.2 Å². The molecule has 0 radical (unpaired) electrons. The summed E-state index contributed by atoms with van der Waals surface area (Å²) in [7, 11) is 0. The molecule has 0 saturated carbocycles. The fraction of sp³-hybridized carbons (Fsp3) is 0.158. The van der Waals surface area contributed by atoms with Crippen LogP contribution in [-0.4, -0.2) is 36.3 Å². The Kier molecular flexibility index (Phi) is 5.43. The highest BCUT2D eigenvalue weighted by molar-refractivity contribution is 5.58. The van der Waals surface area contributed by atoms with Crippen LogP contribution in [-0.2, 0) is 6.42 Å². The molecule has 3 aromatic heterocycles. The molecule has 0 aliphatic carbocycles. The van der Waals surface area contributed by atoms with Crippen LogP contribution in [0.3, 0.4) is 0 Å². The van der Waals surface area contributed by atoms with E-state index >= 15 is 0 Å². The van der Waals surface area contributed by atoms with Crippen molar-refractivity contribution in [3.63, 3.8) is 0 Å². The molecule has 4 rings (SSSR count). The van der Waals surface area contributed by atoms with Crippen LogP contribution in [0, 0.1) is 0 Å². The highest BCUT2D eigenvalue weighted by Crippen LogP contribution is 2.24. The number of rotatable bonds is 6. The minimum absolute atomic E-state index is 0.0366. The van der Waals surface area contributed by atoms with E-state index in [1.807, 2.05) is 30.3 Å². The topological polar surface area (TPSA) is 129 Å². The van der Waals surface area contributed by atoms with Gasteiger partial charge in [0.1, 0.15) is 0 Å². The Bertz CT molecular complexity index is 1160. The number of pyridine rings is 1. The van der Waals surface area contributed by atoms with E-state index < -0.39 is 12.6 Å². The van der Waals surface area contributed by atoms with E-state index in [1.54, 1.807) is 6.07 Å². The summed E-state index contributed by atoms with van der Waals surface area (Å²) >= 11 is 0. The van der Waals surface area contributed by atoms with E-state index in [-0.39, 0.29) is 35.9 Å². The Morgan fingerprint density at radius 2 is 1.74 bits per heavy atom. The first-order chi connectivity index (χ1) is 14.9. The van der Waals surface area contributed by atoms with Crippen molar-refractivity contribution < 1.29 is 17.7 Å². The van der Waals surface area contributed by atoms with Crippen molar-refractivity contribution in [1.29, 1.82) is 0 Å². The summed E-state index contributed by atoms with van der Waals surface area (Å²) in [5.74, 6) is 0.444. The predicted molar refractivity (Wildman–Crippen MR) is 105 cm³/mol. The molecule has 3 N–H and O–H groups in total. The van der Waals surface area contributed by atoms with E-state index in [0.717, 1.165) is 5.69 Å². The summed E-state index contributed by atoms with van der Waals surface area (Å²) in [6, 6.07) is 12.3. The van der Waals surface area contributed by atoms with Gasteiger partial charge < -0.3 is 15.6 Å². The fourth-order valence-corrected chi connectivity index (χ4v) is 2.60. The lowest BCUT2D eigenvalue weighted by Crippen LogP contribution is -2.09. The van der Waals surface area contributed by atoms with Crippen molar-refractivity contribution in [3.05, 3.63) is 54.4 Å². The molecule has 0 fully saturated rings. The third-order valence-electron chi connectivity index (χ3n) is 4.04. The lowest BCUT2D eigenvalue weighted by molar-refractivity contribution is -0.134. The van der Waals surface area contributed by atoms with Crippen LogP contribution >= 0.6 is 0 Å². The maximum Gasteiger partial charge on any atom is 0.389 e. The lowest BCUT2D eigenvalue weighted by atomic mass is 10.2. The number of nitrogens with two attached hydrogens (primary N) is 1. The second-order valence-electron chi connectivity index (χ2n) is 6.41. The third kappa shape index (κ3) is 5.29. The molecule has 9 nitrogen and oxygen atoms in total. The molecular formula is C19H15F3N8O. The number of hydrogen-bond acceptors (Lipinski definition) is 9. The number of para-hydroxylation sites is 1. The molecule has 0 spiro atoms. The molecule has 0 bridgehead atoms. The molecular weight excluding hydrogens is 413 g/mol. The number of nitrogens with one attached hydrogen (secondary N) is 1. The molecule has 158 valence electrons. The SMILES string of the molecule is Nc1nc(Nc2ccccc2)nc(-c2noc(-c3ccc(CCC(F)(F)F)nc3)n2)n1. The molecule has 0 atom stereocenters. The van der Waals surface area contributed by atoms with Gasteiger partial charge in [-0.15, -0.1) is 0 Å². The van der Waals surface area contributed by atoms with Gasteiger partial charge in [0, 0.05) is 24.0 Å². The highest BCUT2D eigenvalue weighted by atomic mass is 19.4. The van der Waals surface area contributed by atoms with Gasteiger partial charge in [-0.2, -0.15) is 33.1 Å². The lowest BCUT2D eigenvalue weighted by Gasteiger charge is -2.05. The van der Waals surface area contributed by atoms with Gasteiger partial charge in [-0.25, -0.2) is 0 Å². The van der Waals surface area contributed by atoms with E-state index in [2.05, 4.69) is 35.4 Å². The average molecular weight is 428 g/mol. The summed E-state index contributed by atoms with van der Waals surface area (Å²) in [5, 5.41) is 6.85. The Morgan fingerprint density at radius 3 is 2.45 bits per heavy atom. The first kappa shape index (κ1) is 20.2. The molecule has 1 aromatic carbocycles. The average Bonchev–Trinajstić information content (AvgIpc) is 3.23. The second kappa shape index (κ2) is 8.34. The normalized spacial score (nSPS) is 11.5. The van der Waals surface area contributed by atoms with Gasteiger partial charge in [0.2, 0.25) is 23.5 Å². The zero-order valence-electron chi connectivity index (χ0n) is 15.8. The molecule has 4 aromatic rings. The van der Waals surface area contributed by atoms with E-state index in [9.17, 15) is 13.2 Å². The smallest absolute Gasteiger partial charge is 0.368 e. The van der Waals surface area contributed by atoms with E-state index in [0.29, 0.717) is 11.3 Å². The quantitative estimate of drug-likeness (QED) is 0.471. The molecule has 12 heteroatoms. The number of hydrogen-bond donors (Lipinski definition) is 2. The molecule has 0 saturated heterocycles. The predicted octanol–water partition coefficient (Wildman–Crippen LogP) is 3.80. The molecule has 31 heavy (non-hydrogen) atoms. The molecule has 3 heterocycles. The number of anilines is 3. The number of halogens is 3. The minimum Gasteiger partial charge on any atom is -0.368 e. The van der Waals surface area contributed by atoms with E-state index in [4.69, 9.17) is 10.3 Å². The summed E-state index contributed by atoms with van der Waals surface area (Å²) in [6.45, 7) is 0. The summed E-state index contributed by atoms with van der Waals surface area (Å²) in [5.41, 5.74) is 7.27. The van der Waals surface area contributed by atoms with Crippen LogP contribution in [0.1, 0.15) is 12.1 Å². The van der Waals surface area contributed by atoms with Crippen molar-refractivity contribution in [2.45, 2.75) is 19.0 Å². The zero-order chi connectivity index (χ0) is 21.8. The van der Waals surface area contributed by atoms with Gasteiger partial charge in [0.15, 0.2) is 0 Å². The standard InChI is InChI=1S/C19H15F3N8O/c20-19(21,22)9-8-12-7-6-11(10-24-12)16-26-15(30-31-16)14-27-17(23)29-18(28-14)25-13-4-2-1-3-5-13/h1-7,10H,8-9H2,(H3,23,25,27,28,29). The van der Waals surface area contributed by atoms with Crippen LogP contribution in [0.2, 0.25) is 0 Å². The van der Waals surface area contributed by atoms with Gasteiger partial charge in [0.05, 0.1) is 5.56 Å². The number of benzene rings is 1. The number of alkyl halides is 3. The van der Waals surface area contributed by atoms with Gasteiger partial charge in [-0.3, -0.25) is 4.98 Å². The summed E-state index contributed by atoms with van der Waals surface area (Å²) in [6.07, 6.45) is -4.01. The number of aryl methyl sites for hydroxylation is 1. The summed E-state index contributed by atoms with van der Waals surface area (Å²) in [4.78, 5) is 20.5. The zero-order valence-corrected chi connectivity index (χ0v) is 15.8. The highest BCUT2D eigenvalue weighted by Gasteiger charge is 2.26. The van der Waals surface area contributed by atoms with Crippen molar-refractivity contribution in [2.24, 2.45) is 0 Å². The Labute approximate surface area is 173 Å². The third-order valence-corrected chi connectivity index (χ3v) is 4.04. The molecule has 0 unspecified atom stereocenters. The monoisotopic (exact) mass is 428 g/mol. The van der Waals surface area contributed by atoms with Crippen molar-refractivity contribution in [3.8, 4) is 23.1 Å². The second-order valence-corrected chi connectivity index (χ2v) is 6.41. The molecule has 0 aliphatic rings. The van der Waals surface area contributed by atoms with Crippen LogP contribution in [0.25, 0.3) is 23.1 Å². The first-order valence-corrected chi connectivity index (χ1v) is 9.05. The van der Waals surface area contributed by atoms with Gasteiger partial charge in [-0.05, 0) is 30.7 Å². The minimum atomic E-state index is -4.23. The van der Waals surface area contributed by atoms with Crippen LogP contribution in [0.5, 0.6) is 0 Å². The van der Waals surface area contributed by atoms with Crippen molar-refractivity contribution >= 4 is 17.6 Å². The number of nitrogen functional groups attached to an aromatic ring is 1. The Morgan fingerprint density at radius 1 is 0.935 bits per heavy atom. The van der Waals surface area contributed by atoms with Gasteiger partial charge in [-0.1, -0.05) is 23.4 Å². The summed E-state index contributed by atoms with van der Waals surface area (Å²) < 4.78 is 42.2. The van der Waals surface area contributed by atoms with Gasteiger partial charge in [0.25, 0.3) is 5.89 Å². The number of nitrogens with zero attached hydrogens (tertiary/aromatic N) is 6. The maximum atomic E-state index is 12.3. The maximum absolute atomic E-state index is 12.3. The molecule has 0 aliphatic heterocycles. The van der Waals surface area contributed by atoms with Crippen LogP contribution < -0.4 is 11.1 Å². The Balaban J connectivity index is 1.52. The van der Waals surface area contributed by atoms with Crippen molar-refractivity contribution in [1.82, 2.24) is 30.1 Å².